The van der Waals surface area contributed by atoms with Crippen LogP contribution in [0.15, 0.2) is 12.2 Å². The molecule has 0 aliphatic heterocycles. The third kappa shape index (κ3) is 9.71. The Hall–Kier alpha value is -0.590. The minimum absolute atomic E-state index is 0.395. The van der Waals surface area contributed by atoms with E-state index in [-0.39, 0.29) is 0 Å². The largest absolute Gasteiger partial charge is 0.300 e. The second-order valence-corrected chi connectivity index (χ2v) is 5.38. The second-order valence-electron chi connectivity index (χ2n) is 5.38. The lowest BCUT2D eigenvalue weighted by Gasteiger charge is -2.07. The van der Waals surface area contributed by atoms with E-state index in [1.54, 1.807) is 0 Å². The summed E-state index contributed by atoms with van der Waals surface area (Å²) in [6, 6.07) is 0. The first kappa shape index (κ1) is 14.4. The first-order valence-corrected chi connectivity index (χ1v) is 6.10. The molecule has 0 aromatic rings. The highest BCUT2D eigenvalue weighted by Crippen LogP contribution is 2.11. The molecule has 88 valence electrons. The summed E-state index contributed by atoms with van der Waals surface area (Å²) >= 11 is 0. The molecule has 0 aliphatic rings. The van der Waals surface area contributed by atoms with Crippen LogP contribution < -0.4 is 0 Å². The number of carbonyl (C=O) groups excluding carboxylic acids is 1. The number of Topliss-reactive ketones (excluding diaryl/α,β-unsaturated/α-hetero) is 1. The molecule has 0 aromatic heterocycles. The number of carbonyl (C=O) groups is 1. The SMILES string of the molecule is CC(C)C/C=C/[C@H](C)CC(=O)CC(C)C. The molecule has 15 heavy (non-hydrogen) atoms. The van der Waals surface area contributed by atoms with Crippen LogP contribution in [-0.4, -0.2) is 5.78 Å². The van der Waals surface area contributed by atoms with Crippen LogP contribution in [0.3, 0.4) is 0 Å². The Morgan fingerprint density at radius 1 is 1.00 bits per heavy atom. The molecule has 0 aromatic carbocycles. The van der Waals surface area contributed by atoms with Gasteiger partial charge in [-0.3, -0.25) is 4.79 Å². The van der Waals surface area contributed by atoms with Gasteiger partial charge < -0.3 is 0 Å². The summed E-state index contributed by atoms with van der Waals surface area (Å²) in [7, 11) is 0. The number of rotatable bonds is 7. The molecule has 1 atom stereocenters. The summed E-state index contributed by atoms with van der Waals surface area (Å²) in [6.45, 7) is 10.7. The molecule has 0 saturated carbocycles. The molecule has 0 saturated heterocycles. The smallest absolute Gasteiger partial charge is 0.133 e. The quantitative estimate of drug-likeness (QED) is 0.575. The van der Waals surface area contributed by atoms with E-state index in [0.29, 0.717) is 30.0 Å². The molecular formula is C14H26O. The number of hydrogen-bond donors (Lipinski definition) is 0. The third-order valence-corrected chi connectivity index (χ3v) is 2.26. The molecule has 1 nitrogen and oxygen atoms in total. The van der Waals surface area contributed by atoms with Gasteiger partial charge in [-0.15, -0.1) is 0 Å². The first-order valence-electron chi connectivity index (χ1n) is 6.10. The molecular weight excluding hydrogens is 184 g/mol. The predicted molar refractivity (Wildman–Crippen MR) is 66.8 cm³/mol. The van der Waals surface area contributed by atoms with Gasteiger partial charge in [-0.05, 0) is 24.2 Å². The Morgan fingerprint density at radius 2 is 1.60 bits per heavy atom. The fourth-order valence-electron chi connectivity index (χ4n) is 1.55. The highest BCUT2D eigenvalue weighted by atomic mass is 16.1. The fraction of sp³-hybridized carbons (Fsp3) is 0.786. The van der Waals surface area contributed by atoms with E-state index in [1.165, 1.54) is 0 Å². The van der Waals surface area contributed by atoms with Crippen LogP contribution in [0, 0.1) is 17.8 Å². The molecule has 0 spiro atoms. The van der Waals surface area contributed by atoms with Crippen molar-refractivity contribution in [3.8, 4) is 0 Å². The van der Waals surface area contributed by atoms with Crippen molar-refractivity contribution in [3.05, 3.63) is 12.2 Å². The topological polar surface area (TPSA) is 17.1 Å². The predicted octanol–water partition coefficient (Wildman–Crippen LogP) is 4.23. The summed E-state index contributed by atoms with van der Waals surface area (Å²) in [5, 5.41) is 0. The van der Waals surface area contributed by atoms with Gasteiger partial charge in [0.15, 0.2) is 0 Å². The monoisotopic (exact) mass is 210 g/mol. The Kier molecular flexibility index (Phi) is 7.37. The lowest BCUT2D eigenvalue weighted by atomic mass is 9.97. The standard InChI is InChI=1S/C14H26O/c1-11(2)7-6-8-13(5)10-14(15)9-12(3)4/h6,8,11-13H,7,9-10H2,1-5H3/b8-6+/t13-/m0/s1. The maximum atomic E-state index is 11.5. The summed E-state index contributed by atoms with van der Waals surface area (Å²) in [4.78, 5) is 11.5. The molecule has 0 bridgehead atoms. The van der Waals surface area contributed by atoms with Gasteiger partial charge >= 0.3 is 0 Å². The van der Waals surface area contributed by atoms with Crippen molar-refractivity contribution in [1.82, 2.24) is 0 Å². The minimum atomic E-state index is 0.395. The molecule has 0 fully saturated rings. The highest BCUT2D eigenvalue weighted by molar-refractivity contribution is 5.78. The number of hydrogen-bond acceptors (Lipinski definition) is 1. The molecule has 0 rings (SSSR count). The van der Waals surface area contributed by atoms with Crippen LogP contribution in [-0.2, 0) is 4.79 Å². The van der Waals surface area contributed by atoms with E-state index in [2.05, 4.69) is 46.8 Å². The fourth-order valence-corrected chi connectivity index (χ4v) is 1.55. The third-order valence-electron chi connectivity index (χ3n) is 2.26. The van der Waals surface area contributed by atoms with Gasteiger partial charge in [0.1, 0.15) is 5.78 Å². The van der Waals surface area contributed by atoms with E-state index in [4.69, 9.17) is 0 Å². The molecule has 0 heterocycles. The van der Waals surface area contributed by atoms with Gasteiger partial charge in [0.2, 0.25) is 0 Å². The van der Waals surface area contributed by atoms with Crippen LogP contribution in [0.2, 0.25) is 0 Å². The Morgan fingerprint density at radius 3 is 2.07 bits per heavy atom. The maximum Gasteiger partial charge on any atom is 0.133 e. The van der Waals surface area contributed by atoms with Crippen molar-refractivity contribution >= 4 is 5.78 Å². The van der Waals surface area contributed by atoms with Gasteiger partial charge in [-0.1, -0.05) is 46.8 Å². The number of allylic oxidation sites excluding steroid dienone is 2. The van der Waals surface area contributed by atoms with Crippen molar-refractivity contribution in [2.24, 2.45) is 17.8 Å². The minimum Gasteiger partial charge on any atom is -0.300 e. The molecule has 0 aliphatic carbocycles. The van der Waals surface area contributed by atoms with Gasteiger partial charge in [-0.25, -0.2) is 0 Å². The Bertz CT molecular complexity index is 201. The van der Waals surface area contributed by atoms with Gasteiger partial charge in [0, 0.05) is 12.8 Å². The van der Waals surface area contributed by atoms with Crippen LogP contribution in [0.25, 0.3) is 0 Å². The molecule has 0 unspecified atom stereocenters. The summed E-state index contributed by atoms with van der Waals surface area (Å²) in [6.07, 6.45) is 6.92. The molecule has 0 amide bonds. The van der Waals surface area contributed by atoms with Crippen molar-refractivity contribution < 1.29 is 4.79 Å². The molecule has 0 radical (unpaired) electrons. The second kappa shape index (κ2) is 7.67. The maximum absolute atomic E-state index is 11.5. The zero-order valence-corrected chi connectivity index (χ0v) is 10.9. The van der Waals surface area contributed by atoms with Crippen LogP contribution in [0.1, 0.15) is 53.9 Å². The first-order chi connectivity index (χ1) is 6.91. The van der Waals surface area contributed by atoms with E-state index >= 15 is 0 Å². The lowest BCUT2D eigenvalue weighted by Crippen LogP contribution is -2.06. The zero-order valence-electron chi connectivity index (χ0n) is 10.9. The van der Waals surface area contributed by atoms with E-state index in [0.717, 1.165) is 12.8 Å². The van der Waals surface area contributed by atoms with E-state index in [9.17, 15) is 4.79 Å². The van der Waals surface area contributed by atoms with Crippen LogP contribution in [0.5, 0.6) is 0 Å². The lowest BCUT2D eigenvalue weighted by molar-refractivity contribution is -0.120. The molecule has 0 N–H and O–H groups in total. The Labute approximate surface area is 95.0 Å². The van der Waals surface area contributed by atoms with Crippen molar-refractivity contribution in [2.75, 3.05) is 0 Å². The highest BCUT2D eigenvalue weighted by Gasteiger charge is 2.08. The average molecular weight is 210 g/mol. The average Bonchev–Trinajstić information content (AvgIpc) is 2.00. The van der Waals surface area contributed by atoms with Crippen LogP contribution >= 0.6 is 0 Å². The Balaban J connectivity index is 3.77. The van der Waals surface area contributed by atoms with Crippen LogP contribution in [0.4, 0.5) is 0 Å². The van der Waals surface area contributed by atoms with Crippen molar-refractivity contribution in [1.29, 1.82) is 0 Å². The summed E-state index contributed by atoms with van der Waals surface area (Å²) in [5.74, 6) is 1.99. The van der Waals surface area contributed by atoms with E-state index < -0.39 is 0 Å². The van der Waals surface area contributed by atoms with Gasteiger partial charge in [0.25, 0.3) is 0 Å². The zero-order chi connectivity index (χ0) is 11.8. The van der Waals surface area contributed by atoms with Crippen molar-refractivity contribution in [2.45, 2.75) is 53.9 Å². The van der Waals surface area contributed by atoms with Gasteiger partial charge in [0.05, 0.1) is 0 Å². The molecule has 1 heteroatoms. The summed E-state index contributed by atoms with van der Waals surface area (Å²) in [5.41, 5.74) is 0. The van der Waals surface area contributed by atoms with E-state index in [1.807, 2.05) is 0 Å². The summed E-state index contributed by atoms with van der Waals surface area (Å²) < 4.78 is 0. The van der Waals surface area contributed by atoms with Gasteiger partial charge in [-0.2, -0.15) is 0 Å². The number of ketones is 1. The normalized spacial score (nSPS) is 14.1. The van der Waals surface area contributed by atoms with Crippen molar-refractivity contribution in [3.63, 3.8) is 0 Å².